The lowest BCUT2D eigenvalue weighted by Gasteiger charge is -2.45. The van der Waals surface area contributed by atoms with Crippen LogP contribution in [0.15, 0.2) is 67.0 Å². The van der Waals surface area contributed by atoms with Crippen LogP contribution in [0.5, 0.6) is 0 Å². The molecule has 1 saturated carbocycles. The number of hydrogen-bond acceptors (Lipinski definition) is 4. The molecule has 0 spiro atoms. The molecular formula is C28H28Cl2N4O2. The van der Waals surface area contributed by atoms with E-state index in [0.717, 1.165) is 43.2 Å². The summed E-state index contributed by atoms with van der Waals surface area (Å²) in [6.45, 7) is 0.687. The predicted octanol–water partition coefficient (Wildman–Crippen LogP) is 5.75. The van der Waals surface area contributed by atoms with Gasteiger partial charge in [-0.2, -0.15) is 0 Å². The van der Waals surface area contributed by atoms with Crippen LogP contribution in [-0.4, -0.2) is 34.3 Å². The molecule has 1 aliphatic heterocycles. The van der Waals surface area contributed by atoms with Gasteiger partial charge in [-0.15, -0.1) is 0 Å². The summed E-state index contributed by atoms with van der Waals surface area (Å²) in [6.07, 6.45) is 7.60. The largest absolute Gasteiger partial charge is 0.337 e. The van der Waals surface area contributed by atoms with E-state index in [-0.39, 0.29) is 23.9 Å². The first-order valence-electron chi connectivity index (χ1n) is 12.2. The van der Waals surface area contributed by atoms with Crippen LogP contribution < -0.4 is 11.1 Å². The molecule has 0 bridgehead atoms. The molecule has 2 heterocycles. The maximum Gasteiger partial charge on any atom is 0.255 e. The van der Waals surface area contributed by atoms with Crippen LogP contribution in [0.1, 0.15) is 59.6 Å². The molecular weight excluding hydrogens is 495 g/mol. The van der Waals surface area contributed by atoms with Gasteiger partial charge in [0.1, 0.15) is 0 Å². The Hall–Kier alpha value is -2.93. The van der Waals surface area contributed by atoms with E-state index >= 15 is 0 Å². The minimum Gasteiger partial charge on any atom is -0.337 e. The van der Waals surface area contributed by atoms with Crippen LogP contribution in [0, 0.1) is 0 Å². The van der Waals surface area contributed by atoms with Crippen molar-refractivity contribution in [3.63, 3.8) is 0 Å². The number of nitrogens with two attached hydrogens (primary N) is 1. The highest BCUT2D eigenvalue weighted by molar-refractivity contribution is 6.42. The number of benzene rings is 2. The van der Waals surface area contributed by atoms with Crippen molar-refractivity contribution in [3.05, 3.63) is 93.7 Å². The van der Waals surface area contributed by atoms with Gasteiger partial charge in [0.25, 0.3) is 5.91 Å². The van der Waals surface area contributed by atoms with Crippen LogP contribution >= 0.6 is 23.2 Å². The summed E-state index contributed by atoms with van der Waals surface area (Å²) in [5, 5.41) is 3.81. The fourth-order valence-corrected chi connectivity index (χ4v) is 5.66. The molecule has 5 rings (SSSR count). The number of hydrogen-bond donors (Lipinski definition) is 2. The van der Waals surface area contributed by atoms with Crippen molar-refractivity contribution in [1.29, 1.82) is 0 Å². The van der Waals surface area contributed by atoms with Crippen molar-refractivity contribution in [3.8, 4) is 0 Å². The van der Waals surface area contributed by atoms with Crippen molar-refractivity contribution in [1.82, 2.24) is 9.88 Å². The molecule has 1 aliphatic carbocycles. The number of rotatable bonds is 6. The SMILES string of the molecule is NC(c1ccc(C(=O)Nc2ccncc2)cc1)C1CCCN1C(=O)C1(c2ccc(Cl)c(Cl)c2)CCC1. The van der Waals surface area contributed by atoms with Gasteiger partial charge in [0.2, 0.25) is 5.91 Å². The summed E-state index contributed by atoms with van der Waals surface area (Å²) < 4.78 is 0. The molecule has 2 aromatic carbocycles. The van der Waals surface area contributed by atoms with Gasteiger partial charge in [-0.05, 0) is 73.2 Å². The third-order valence-electron chi connectivity index (χ3n) is 7.56. The molecule has 2 unspecified atom stereocenters. The standard InChI is InChI=1S/C28H28Cl2N4O2/c29-22-9-8-20(17-23(22)30)28(12-2-13-28)27(36)34-16-1-3-24(34)25(31)18-4-6-19(7-5-18)26(35)33-21-10-14-32-15-11-21/h4-11,14-15,17,24-25H,1-3,12-13,16,31H2,(H,32,33,35). The minimum absolute atomic E-state index is 0.103. The average Bonchev–Trinajstić information content (AvgIpc) is 3.36. The smallest absolute Gasteiger partial charge is 0.255 e. The van der Waals surface area contributed by atoms with Gasteiger partial charge in [-0.3, -0.25) is 14.6 Å². The van der Waals surface area contributed by atoms with Crippen molar-refractivity contribution in [2.75, 3.05) is 11.9 Å². The van der Waals surface area contributed by atoms with Gasteiger partial charge >= 0.3 is 0 Å². The van der Waals surface area contributed by atoms with Gasteiger partial charge in [0.05, 0.1) is 27.5 Å². The first-order chi connectivity index (χ1) is 17.4. The van der Waals surface area contributed by atoms with Crippen LogP contribution in [0.3, 0.4) is 0 Å². The Labute approximate surface area is 220 Å². The summed E-state index contributed by atoms with van der Waals surface area (Å²) in [6, 6.07) is 15.9. The number of nitrogens with one attached hydrogen (secondary N) is 1. The van der Waals surface area contributed by atoms with Crippen LogP contribution in [-0.2, 0) is 10.2 Å². The Kier molecular flexibility index (Phi) is 7.02. The summed E-state index contributed by atoms with van der Waals surface area (Å²) >= 11 is 12.4. The molecule has 8 heteroatoms. The van der Waals surface area contributed by atoms with E-state index in [4.69, 9.17) is 28.9 Å². The van der Waals surface area contributed by atoms with Crippen molar-refractivity contribution in [2.24, 2.45) is 5.73 Å². The van der Waals surface area contributed by atoms with E-state index < -0.39 is 5.41 Å². The molecule has 36 heavy (non-hydrogen) atoms. The number of nitrogens with zero attached hydrogens (tertiary/aromatic N) is 2. The lowest BCUT2D eigenvalue weighted by atomic mass is 9.63. The maximum absolute atomic E-state index is 13.9. The average molecular weight is 523 g/mol. The Bertz CT molecular complexity index is 1260. The molecule has 2 amide bonds. The highest BCUT2D eigenvalue weighted by Crippen LogP contribution is 2.48. The molecule has 186 valence electrons. The van der Waals surface area contributed by atoms with E-state index in [0.29, 0.717) is 27.8 Å². The highest BCUT2D eigenvalue weighted by atomic mass is 35.5. The van der Waals surface area contributed by atoms with Gasteiger partial charge < -0.3 is 16.0 Å². The van der Waals surface area contributed by atoms with Gasteiger partial charge in [-0.1, -0.05) is 47.8 Å². The molecule has 2 fully saturated rings. The zero-order chi connectivity index (χ0) is 25.3. The first kappa shape index (κ1) is 24.8. The monoisotopic (exact) mass is 522 g/mol. The predicted molar refractivity (Wildman–Crippen MR) is 142 cm³/mol. The van der Waals surface area contributed by atoms with Crippen LogP contribution in [0.2, 0.25) is 10.0 Å². The zero-order valence-electron chi connectivity index (χ0n) is 19.8. The fraction of sp³-hybridized carbons (Fsp3) is 0.321. The number of likely N-dealkylation sites (tertiary alicyclic amines) is 1. The Balaban J connectivity index is 1.32. The third-order valence-corrected chi connectivity index (χ3v) is 8.30. The number of amides is 2. The lowest BCUT2D eigenvalue weighted by molar-refractivity contribution is -0.142. The Morgan fingerprint density at radius 3 is 2.36 bits per heavy atom. The number of anilines is 1. The molecule has 3 aromatic rings. The minimum atomic E-state index is -0.564. The van der Waals surface area contributed by atoms with Gasteiger partial charge in [-0.25, -0.2) is 0 Å². The van der Waals surface area contributed by atoms with Crippen molar-refractivity contribution < 1.29 is 9.59 Å². The van der Waals surface area contributed by atoms with E-state index in [2.05, 4.69) is 10.3 Å². The summed E-state index contributed by atoms with van der Waals surface area (Å²) in [5.74, 6) is -0.0778. The zero-order valence-corrected chi connectivity index (χ0v) is 21.3. The fourth-order valence-electron chi connectivity index (χ4n) is 5.36. The number of carbonyl (C=O) groups is 2. The third kappa shape index (κ3) is 4.61. The number of carbonyl (C=O) groups excluding carboxylic acids is 2. The molecule has 2 atom stereocenters. The molecule has 1 saturated heterocycles. The highest BCUT2D eigenvalue weighted by Gasteiger charge is 2.50. The second-order valence-electron chi connectivity index (χ2n) is 9.61. The van der Waals surface area contributed by atoms with E-state index in [9.17, 15) is 9.59 Å². The van der Waals surface area contributed by atoms with Crippen LogP contribution in [0.4, 0.5) is 5.69 Å². The molecule has 6 nitrogen and oxygen atoms in total. The number of pyridine rings is 1. The Morgan fingerprint density at radius 2 is 1.72 bits per heavy atom. The van der Waals surface area contributed by atoms with Gasteiger partial charge in [0.15, 0.2) is 0 Å². The topological polar surface area (TPSA) is 88.3 Å². The molecule has 2 aliphatic rings. The number of aromatic nitrogens is 1. The van der Waals surface area contributed by atoms with Crippen LogP contribution in [0.25, 0.3) is 0 Å². The summed E-state index contributed by atoms with van der Waals surface area (Å²) in [7, 11) is 0. The lowest BCUT2D eigenvalue weighted by Crippen LogP contribution is -2.54. The van der Waals surface area contributed by atoms with Crippen molar-refractivity contribution in [2.45, 2.75) is 49.6 Å². The Morgan fingerprint density at radius 1 is 1.00 bits per heavy atom. The van der Waals surface area contributed by atoms with Crippen molar-refractivity contribution >= 4 is 40.7 Å². The molecule has 1 aromatic heterocycles. The first-order valence-corrected chi connectivity index (χ1v) is 13.0. The van der Waals surface area contributed by atoms with Gasteiger partial charge in [0, 0.05) is 30.2 Å². The summed E-state index contributed by atoms with van der Waals surface area (Å²) in [4.78, 5) is 32.5. The quantitative estimate of drug-likeness (QED) is 0.431. The van der Waals surface area contributed by atoms with E-state index in [1.807, 2.05) is 29.2 Å². The second-order valence-corrected chi connectivity index (χ2v) is 10.4. The van der Waals surface area contributed by atoms with E-state index in [1.54, 1.807) is 42.7 Å². The number of halogens is 2. The maximum atomic E-state index is 13.9. The summed E-state index contributed by atoms with van der Waals surface area (Å²) in [5.41, 5.74) is 9.21. The normalized spacial score (nSPS) is 19.4. The second kappa shape index (κ2) is 10.2. The molecule has 3 N–H and O–H groups in total. The molecule has 0 radical (unpaired) electrons. The van der Waals surface area contributed by atoms with E-state index in [1.165, 1.54) is 0 Å².